The number of hydrogen-bond acceptors (Lipinski definition) is 6. The summed E-state index contributed by atoms with van der Waals surface area (Å²) in [6, 6.07) is 10.3. The van der Waals surface area contributed by atoms with Crippen LogP contribution in [-0.2, 0) is 11.3 Å². The molecule has 0 radical (unpaired) electrons. The Labute approximate surface area is 172 Å². The molecule has 1 unspecified atom stereocenters. The van der Waals surface area contributed by atoms with Gasteiger partial charge in [0.25, 0.3) is 5.91 Å². The minimum atomic E-state index is -0.678. The zero-order chi connectivity index (χ0) is 21.5. The number of carbonyl (C=O) groups is 1. The number of carbonyl (C=O) groups excluding carboxylic acids is 1. The number of halogens is 2. The molecule has 0 saturated heterocycles. The molecule has 7 nitrogen and oxygen atoms in total. The van der Waals surface area contributed by atoms with Crippen molar-refractivity contribution in [1.82, 2.24) is 10.6 Å². The van der Waals surface area contributed by atoms with Crippen LogP contribution >= 0.6 is 0 Å². The van der Waals surface area contributed by atoms with E-state index in [9.17, 15) is 13.6 Å². The van der Waals surface area contributed by atoms with Crippen LogP contribution in [-0.4, -0.2) is 30.4 Å². The number of anilines is 1. The van der Waals surface area contributed by atoms with Crippen molar-refractivity contribution in [2.45, 2.75) is 12.7 Å². The molecule has 9 heteroatoms. The molecule has 0 saturated carbocycles. The second-order valence-electron chi connectivity index (χ2n) is 6.52. The number of hydrogen-bond donors (Lipinski definition) is 5. The van der Waals surface area contributed by atoms with Crippen LogP contribution in [0.4, 0.5) is 14.5 Å². The maximum absolute atomic E-state index is 13.4. The molecule has 0 aliphatic carbocycles. The summed E-state index contributed by atoms with van der Waals surface area (Å²) in [4.78, 5) is 11.7. The summed E-state index contributed by atoms with van der Waals surface area (Å²) in [5.74, 6) is -1.37. The minimum absolute atomic E-state index is 0.0661. The molecule has 0 bridgehead atoms. The van der Waals surface area contributed by atoms with Gasteiger partial charge in [0.1, 0.15) is 30.2 Å². The van der Waals surface area contributed by atoms with E-state index >= 15 is 0 Å². The lowest BCUT2D eigenvalue weighted by atomic mass is 10.1. The summed E-state index contributed by atoms with van der Waals surface area (Å²) in [6.45, 7) is 0.253. The lowest BCUT2D eigenvalue weighted by molar-refractivity contribution is -0.114. The summed E-state index contributed by atoms with van der Waals surface area (Å²) < 4.78 is 32.1. The van der Waals surface area contributed by atoms with Gasteiger partial charge >= 0.3 is 0 Å². The third-order valence-corrected chi connectivity index (χ3v) is 4.24. The Kier molecular flexibility index (Phi) is 6.87. The van der Waals surface area contributed by atoms with Crippen LogP contribution in [0.3, 0.4) is 0 Å². The van der Waals surface area contributed by atoms with E-state index in [1.807, 2.05) is 0 Å². The summed E-state index contributed by atoms with van der Waals surface area (Å²) in [7, 11) is 0. The van der Waals surface area contributed by atoms with Crippen LogP contribution < -0.4 is 26.4 Å². The highest BCUT2D eigenvalue weighted by Gasteiger charge is 2.19. The number of primary amides is 1. The first-order chi connectivity index (χ1) is 14.4. The average Bonchev–Trinajstić information content (AvgIpc) is 2.71. The smallest absolute Gasteiger partial charge is 0.252 e. The molecule has 2 aromatic carbocycles. The highest BCUT2D eigenvalue weighted by Crippen LogP contribution is 2.19. The van der Waals surface area contributed by atoms with Gasteiger partial charge in [0.2, 0.25) is 0 Å². The SMILES string of the molecule is NC(=O)C1=CNC(Nc2ccc(OCCO)cc2)C=C1NCc1cc(F)cc(F)c1. The molecular formula is C21H22F2N4O3. The van der Waals surface area contributed by atoms with E-state index in [0.29, 0.717) is 17.0 Å². The average molecular weight is 416 g/mol. The molecule has 30 heavy (non-hydrogen) atoms. The lowest BCUT2D eigenvalue weighted by Crippen LogP contribution is -2.38. The molecular weight excluding hydrogens is 394 g/mol. The third kappa shape index (κ3) is 5.71. The first kappa shape index (κ1) is 21.1. The van der Waals surface area contributed by atoms with Crippen LogP contribution in [0.15, 0.2) is 66.0 Å². The third-order valence-electron chi connectivity index (χ3n) is 4.24. The fourth-order valence-electron chi connectivity index (χ4n) is 2.90. The first-order valence-electron chi connectivity index (χ1n) is 9.22. The summed E-state index contributed by atoms with van der Waals surface area (Å²) in [5, 5.41) is 18.0. The standard InChI is InChI=1S/C21H22F2N4O3/c22-14-7-13(8-15(23)9-14)11-25-19-10-20(26-12-18(19)21(24)29)27-16-1-3-17(4-2-16)30-6-5-28/h1-4,7-10,12,20,25-28H,5-6,11H2,(H2,24,29). The molecule has 0 spiro atoms. The van der Waals surface area contributed by atoms with Crippen molar-refractivity contribution in [3.8, 4) is 5.75 Å². The van der Waals surface area contributed by atoms with Gasteiger partial charge in [-0.25, -0.2) is 8.78 Å². The van der Waals surface area contributed by atoms with Gasteiger partial charge < -0.3 is 31.5 Å². The maximum atomic E-state index is 13.4. The predicted molar refractivity (Wildman–Crippen MR) is 108 cm³/mol. The molecule has 1 atom stereocenters. The second-order valence-corrected chi connectivity index (χ2v) is 6.52. The quantitative estimate of drug-likeness (QED) is 0.426. The van der Waals surface area contributed by atoms with E-state index in [1.54, 1.807) is 30.3 Å². The molecule has 1 aliphatic rings. The van der Waals surface area contributed by atoms with Gasteiger partial charge in [-0.15, -0.1) is 0 Å². The van der Waals surface area contributed by atoms with Gasteiger partial charge in [-0.2, -0.15) is 0 Å². The monoisotopic (exact) mass is 416 g/mol. The number of aliphatic hydroxyl groups excluding tert-OH is 1. The van der Waals surface area contributed by atoms with Crippen LogP contribution in [0.1, 0.15) is 5.56 Å². The summed E-state index contributed by atoms with van der Waals surface area (Å²) in [5.41, 5.74) is 7.25. The van der Waals surface area contributed by atoms with Gasteiger partial charge in [0.05, 0.1) is 12.2 Å². The van der Waals surface area contributed by atoms with Gasteiger partial charge in [0, 0.05) is 30.2 Å². The van der Waals surface area contributed by atoms with Crippen molar-refractivity contribution in [3.05, 3.63) is 83.2 Å². The Morgan fingerprint density at radius 1 is 1.17 bits per heavy atom. The fourth-order valence-corrected chi connectivity index (χ4v) is 2.90. The van der Waals surface area contributed by atoms with Crippen LogP contribution in [0.25, 0.3) is 0 Å². The number of nitrogens with two attached hydrogens (primary N) is 1. The Morgan fingerprint density at radius 3 is 2.50 bits per heavy atom. The Hall–Kier alpha value is -3.59. The molecule has 6 N–H and O–H groups in total. The number of amides is 1. The van der Waals surface area contributed by atoms with E-state index in [0.717, 1.165) is 11.8 Å². The predicted octanol–water partition coefficient (Wildman–Crippen LogP) is 1.72. The van der Waals surface area contributed by atoms with Gasteiger partial charge in [-0.1, -0.05) is 0 Å². The highest BCUT2D eigenvalue weighted by atomic mass is 19.1. The van der Waals surface area contributed by atoms with E-state index in [4.69, 9.17) is 15.6 Å². The maximum Gasteiger partial charge on any atom is 0.252 e. The van der Waals surface area contributed by atoms with Crippen molar-refractivity contribution in [2.24, 2.45) is 5.73 Å². The van der Waals surface area contributed by atoms with Gasteiger partial charge in [-0.05, 0) is 48.0 Å². The van der Waals surface area contributed by atoms with Crippen molar-refractivity contribution < 1.29 is 23.4 Å². The molecule has 0 aromatic heterocycles. The molecule has 2 aromatic rings. The Morgan fingerprint density at radius 2 is 1.87 bits per heavy atom. The molecule has 158 valence electrons. The van der Waals surface area contributed by atoms with Gasteiger partial charge in [-0.3, -0.25) is 4.79 Å². The Bertz CT molecular complexity index is 941. The zero-order valence-electron chi connectivity index (χ0n) is 16.0. The molecule has 1 heterocycles. The zero-order valence-corrected chi connectivity index (χ0v) is 16.0. The minimum Gasteiger partial charge on any atom is -0.491 e. The number of ether oxygens (including phenoxy) is 1. The topological polar surface area (TPSA) is 109 Å². The van der Waals surface area contributed by atoms with Crippen molar-refractivity contribution in [1.29, 1.82) is 0 Å². The van der Waals surface area contributed by atoms with Crippen molar-refractivity contribution >= 4 is 11.6 Å². The largest absolute Gasteiger partial charge is 0.491 e. The number of benzene rings is 2. The second kappa shape index (κ2) is 9.75. The molecule has 3 rings (SSSR count). The van der Waals surface area contributed by atoms with E-state index in [1.165, 1.54) is 18.3 Å². The molecule has 0 fully saturated rings. The van der Waals surface area contributed by atoms with E-state index in [-0.39, 0.29) is 31.5 Å². The number of nitrogens with one attached hydrogen (secondary N) is 3. The highest BCUT2D eigenvalue weighted by molar-refractivity contribution is 5.96. The normalized spacial score (nSPS) is 15.5. The Balaban J connectivity index is 1.69. The van der Waals surface area contributed by atoms with Crippen molar-refractivity contribution in [3.63, 3.8) is 0 Å². The summed E-state index contributed by atoms with van der Waals surface area (Å²) >= 11 is 0. The lowest BCUT2D eigenvalue weighted by Gasteiger charge is -2.25. The van der Waals surface area contributed by atoms with E-state index in [2.05, 4.69) is 16.0 Å². The van der Waals surface area contributed by atoms with Gasteiger partial charge in [0.15, 0.2) is 0 Å². The van der Waals surface area contributed by atoms with Crippen LogP contribution in [0.2, 0.25) is 0 Å². The first-order valence-corrected chi connectivity index (χ1v) is 9.22. The van der Waals surface area contributed by atoms with Crippen molar-refractivity contribution in [2.75, 3.05) is 18.5 Å². The molecule has 1 amide bonds. The van der Waals surface area contributed by atoms with Crippen LogP contribution in [0.5, 0.6) is 5.75 Å². The van der Waals surface area contributed by atoms with E-state index < -0.39 is 17.5 Å². The van der Waals surface area contributed by atoms with Crippen LogP contribution in [0, 0.1) is 11.6 Å². The number of dihydropyridines is 1. The summed E-state index contributed by atoms with van der Waals surface area (Å²) in [6.07, 6.45) is 2.82. The number of aliphatic hydroxyl groups is 1. The fraction of sp³-hybridized carbons (Fsp3) is 0.190. The molecule has 1 aliphatic heterocycles. The number of rotatable bonds is 9.